The second-order valence-electron chi connectivity index (χ2n) is 26.0. The summed E-state index contributed by atoms with van der Waals surface area (Å²) in [6.45, 7) is 9.61. The molecule has 0 bridgehead atoms. The Morgan fingerprint density at radius 2 is 0.593 bits per heavy atom. The van der Waals surface area contributed by atoms with Crippen molar-refractivity contribution in [2.75, 3.05) is 13.1 Å². The maximum atomic E-state index is 15.4. The van der Waals surface area contributed by atoms with Crippen LogP contribution in [0.4, 0.5) is 0 Å². The average molecular weight is 1210 g/mol. The molecule has 6 rings (SSSR count). The quantitative estimate of drug-likeness (QED) is 0.0321. The lowest BCUT2D eigenvalue weighted by Crippen LogP contribution is -2.44. The highest BCUT2D eigenvalue weighted by Gasteiger charge is 2.43. The normalized spacial score (nSPS) is 13.8. The Morgan fingerprint density at radius 1 is 0.337 bits per heavy atom. The van der Waals surface area contributed by atoms with Crippen LogP contribution in [0.2, 0.25) is 0 Å². The Balaban J connectivity index is 1.24. The van der Waals surface area contributed by atoms with Crippen molar-refractivity contribution in [1.82, 2.24) is 9.80 Å². The predicted octanol–water partition coefficient (Wildman–Crippen LogP) is 23.7. The Labute approximate surface area is 530 Å². The van der Waals surface area contributed by atoms with Crippen molar-refractivity contribution in [3.63, 3.8) is 0 Å². The number of nitrogens with zero attached hydrogens (tertiary/aromatic N) is 4. The van der Waals surface area contributed by atoms with E-state index in [-0.39, 0.29) is 13.1 Å². The van der Waals surface area contributed by atoms with Gasteiger partial charge in [-0.05, 0) is 73.9 Å². The Morgan fingerprint density at radius 3 is 0.849 bits per heavy atom. The van der Waals surface area contributed by atoms with Gasteiger partial charge >= 0.3 is 0 Å². The third-order valence-corrected chi connectivity index (χ3v) is 21.1. The van der Waals surface area contributed by atoms with Crippen molar-refractivity contribution in [3.05, 3.63) is 68.4 Å². The van der Waals surface area contributed by atoms with Gasteiger partial charge in [-0.3, -0.25) is 29.0 Å². The highest BCUT2D eigenvalue weighted by atomic mass is 32.1. The van der Waals surface area contributed by atoms with E-state index in [9.17, 15) is 10.5 Å². The molecule has 2 aromatic carbocycles. The molecule has 4 aromatic rings. The number of unbranched alkanes of at least 4 members (excludes halogenated alkanes) is 32. The van der Waals surface area contributed by atoms with Crippen LogP contribution in [-0.4, -0.2) is 46.5 Å². The van der Waals surface area contributed by atoms with Crippen LogP contribution in [0.1, 0.15) is 361 Å². The third-order valence-electron chi connectivity index (χ3n) is 19.1. The monoisotopic (exact) mass is 1210 g/mol. The fraction of sp³-hybridized carbons (Fsp3) is 0.684. The molecule has 2 aromatic heterocycles. The number of hydrogen-bond acceptors (Lipinski definition) is 8. The first-order valence-corrected chi connectivity index (χ1v) is 37.2. The number of nitriles is 2. The third kappa shape index (κ3) is 21.8. The van der Waals surface area contributed by atoms with E-state index in [0.29, 0.717) is 88.3 Å². The van der Waals surface area contributed by atoms with Crippen LogP contribution >= 0.6 is 22.7 Å². The summed E-state index contributed by atoms with van der Waals surface area (Å²) < 4.78 is 0. The molecule has 10 heteroatoms. The average Bonchev–Trinajstić information content (AvgIpc) is 0.817. The molecule has 0 fully saturated rings. The van der Waals surface area contributed by atoms with Gasteiger partial charge in [-0.15, -0.1) is 22.7 Å². The maximum Gasteiger partial charge on any atom is 0.262 e. The van der Waals surface area contributed by atoms with E-state index in [2.05, 4.69) is 39.8 Å². The molecule has 2 unspecified atom stereocenters. The van der Waals surface area contributed by atoms with Crippen LogP contribution in [-0.2, 0) is 0 Å². The summed E-state index contributed by atoms with van der Waals surface area (Å²) in [5.74, 6) is -0.622. The lowest BCUT2D eigenvalue weighted by Gasteiger charge is -2.34. The molecule has 0 saturated carbocycles. The molecule has 86 heavy (non-hydrogen) atoms. The summed E-state index contributed by atoms with van der Waals surface area (Å²) >= 11 is 2.54. The van der Waals surface area contributed by atoms with Crippen LogP contribution in [0, 0.1) is 34.5 Å². The Hall–Kier alpha value is -4.64. The fourth-order valence-electron chi connectivity index (χ4n) is 14.0. The molecular weight excluding hydrogens is 1100 g/mol. The number of rotatable bonds is 50. The van der Waals surface area contributed by atoms with E-state index < -0.39 is 23.6 Å². The Bertz CT molecular complexity index is 2570. The van der Waals surface area contributed by atoms with E-state index in [0.717, 1.165) is 12.8 Å². The van der Waals surface area contributed by atoms with Gasteiger partial charge in [0.25, 0.3) is 23.6 Å². The largest absolute Gasteiger partial charge is 0.274 e. The van der Waals surface area contributed by atoms with Gasteiger partial charge in [-0.25, -0.2) is 0 Å². The molecule has 4 heterocycles. The fourth-order valence-corrected chi connectivity index (χ4v) is 15.6. The van der Waals surface area contributed by atoms with Gasteiger partial charge in [0.2, 0.25) is 0 Å². The number of hydrogen-bond donors (Lipinski definition) is 0. The molecule has 0 aliphatic carbocycles. The molecule has 0 saturated heterocycles. The minimum atomic E-state index is -0.417. The molecule has 0 N–H and O–H groups in total. The molecule has 2 aliphatic rings. The standard InChI is InChI=1S/C76H112N4O4S2/c1-5-9-13-17-21-25-27-31-35-39-45-59(43-37-33-29-23-19-15-11-7-3)47-41-53-79-73(81)65-55-64(68-52-50-62(58-78)86-68)72-70-66(56-63(71(69(65)70)75(79)83)67-51-49-61(57-77)85-67)74(82)80(76(72)84)54-42-48-60(44-38-34-30-24-20-16-12-8-4)46-40-36-32-28-26-22-18-14-10-6-2/h49-52,55-56,59-60H,5-48,53-54H2,1-4H3. The second-order valence-corrected chi connectivity index (χ2v) is 28.2. The summed E-state index contributed by atoms with van der Waals surface area (Å²) in [7, 11) is 0. The molecule has 8 nitrogen and oxygen atoms in total. The van der Waals surface area contributed by atoms with Crippen molar-refractivity contribution in [2.45, 2.75) is 310 Å². The van der Waals surface area contributed by atoms with Gasteiger partial charge in [0.15, 0.2) is 0 Å². The van der Waals surface area contributed by atoms with Crippen molar-refractivity contribution in [2.24, 2.45) is 11.8 Å². The van der Waals surface area contributed by atoms with E-state index in [4.69, 9.17) is 0 Å². The van der Waals surface area contributed by atoms with Gasteiger partial charge in [0, 0.05) is 55.9 Å². The summed E-state index contributed by atoms with van der Waals surface area (Å²) in [6, 6.07) is 15.3. The molecular formula is C76H112N4O4S2. The highest BCUT2D eigenvalue weighted by molar-refractivity contribution is 7.16. The summed E-state index contributed by atoms with van der Waals surface area (Å²) in [4.78, 5) is 66.5. The van der Waals surface area contributed by atoms with Gasteiger partial charge in [-0.1, -0.05) is 285 Å². The SMILES string of the molecule is CCCCCCCCCCCCC(CCCCCCCCCC)CCCN1C(=O)c2cc(-c3ccc(C#N)s3)c3c4c(cc(-c5ccc(C#N)s5)c(c24)C1=O)C(=O)N(CCCC(CCCCCCCCCC)CCCCCCCCCCCC)C3=O. The zero-order chi connectivity index (χ0) is 61.1. The molecule has 0 radical (unpaired) electrons. The molecule has 2 aliphatic heterocycles. The predicted molar refractivity (Wildman–Crippen MR) is 364 cm³/mol. The van der Waals surface area contributed by atoms with Gasteiger partial charge < -0.3 is 0 Å². The summed E-state index contributed by atoms with van der Waals surface area (Å²) in [5, 5.41) is 20.8. The van der Waals surface area contributed by atoms with Gasteiger partial charge in [-0.2, -0.15) is 10.5 Å². The van der Waals surface area contributed by atoms with Crippen LogP contribution in [0.3, 0.4) is 0 Å². The zero-order valence-corrected chi connectivity index (χ0v) is 56.0. The minimum Gasteiger partial charge on any atom is -0.274 e. The first-order valence-electron chi connectivity index (χ1n) is 35.6. The van der Waals surface area contributed by atoms with Crippen LogP contribution in [0.15, 0.2) is 36.4 Å². The first kappa shape index (κ1) is 70.4. The zero-order valence-electron chi connectivity index (χ0n) is 54.4. The summed E-state index contributed by atoms with van der Waals surface area (Å²) in [6.07, 6.45) is 54.6. The topological polar surface area (TPSA) is 122 Å². The van der Waals surface area contributed by atoms with Crippen molar-refractivity contribution in [1.29, 1.82) is 10.5 Å². The summed E-state index contributed by atoms with van der Waals surface area (Å²) in [5.41, 5.74) is 2.25. The van der Waals surface area contributed by atoms with Gasteiger partial charge in [0.05, 0.1) is 11.1 Å². The minimum absolute atomic E-state index is 0.263. The molecule has 2 atom stereocenters. The Kier molecular flexibility index (Phi) is 33.4. The lowest BCUT2D eigenvalue weighted by molar-refractivity contribution is 0.0584. The van der Waals surface area contributed by atoms with E-state index in [1.54, 1.807) is 24.3 Å². The number of thiophene rings is 2. The maximum absolute atomic E-state index is 15.4. The van der Waals surface area contributed by atoms with E-state index in [1.165, 1.54) is 289 Å². The number of carbonyl (C=O) groups is 4. The highest BCUT2D eigenvalue weighted by Crippen LogP contribution is 2.48. The van der Waals surface area contributed by atoms with Crippen molar-refractivity contribution in [3.8, 4) is 33.0 Å². The smallest absolute Gasteiger partial charge is 0.262 e. The van der Waals surface area contributed by atoms with Crippen LogP contribution < -0.4 is 0 Å². The van der Waals surface area contributed by atoms with E-state index >= 15 is 19.2 Å². The van der Waals surface area contributed by atoms with Crippen LogP contribution in [0.5, 0.6) is 0 Å². The van der Waals surface area contributed by atoms with Gasteiger partial charge in [0.1, 0.15) is 21.9 Å². The van der Waals surface area contributed by atoms with Crippen molar-refractivity contribution < 1.29 is 19.2 Å². The molecule has 4 amide bonds. The second kappa shape index (κ2) is 40.8. The van der Waals surface area contributed by atoms with Crippen LogP contribution in [0.25, 0.3) is 31.7 Å². The van der Waals surface area contributed by atoms with E-state index in [1.807, 2.05) is 12.1 Å². The number of carbonyl (C=O) groups excluding carboxylic acids is 4. The first-order chi connectivity index (χ1) is 42.2. The molecule has 472 valence electrons. The number of benzene rings is 2. The number of imide groups is 2. The van der Waals surface area contributed by atoms with Crippen molar-refractivity contribution >= 4 is 57.1 Å². The lowest BCUT2D eigenvalue weighted by atomic mass is 9.80. The number of amides is 4. The molecule has 0 spiro atoms.